The van der Waals surface area contributed by atoms with Crippen LogP contribution in [0.25, 0.3) is 11.4 Å². The average molecular weight is 431 g/mol. The summed E-state index contributed by atoms with van der Waals surface area (Å²) in [6.07, 6.45) is 0.835. The molecule has 1 aromatic heterocycles. The van der Waals surface area contributed by atoms with Crippen molar-refractivity contribution < 1.29 is 18.3 Å². The maximum absolute atomic E-state index is 13.0. The number of hydrogen-bond acceptors (Lipinski definition) is 6. The molecule has 0 radical (unpaired) electrons. The predicted molar refractivity (Wildman–Crippen MR) is 110 cm³/mol. The molecular weight excluding hydrogens is 412 g/mol. The van der Waals surface area contributed by atoms with Crippen molar-refractivity contribution in [3.63, 3.8) is 0 Å². The first-order chi connectivity index (χ1) is 14.4. The Morgan fingerprint density at radius 3 is 2.63 bits per heavy atom. The van der Waals surface area contributed by atoms with E-state index < -0.39 is 11.9 Å². The first kappa shape index (κ1) is 20.1. The van der Waals surface area contributed by atoms with Crippen molar-refractivity contribution in [3.8, 4) is 17.1 Å². The number of hydrogen-bond donors (Lipinski definition) is 1. The van der Waals surface area contributed by atoms with Gasteiger partial charge in [-0.1, -0.05) is 30.0 Å². The van der Waals surface area contributed by atoms with Gasteiger partial charge in [0.15, 0.2) is 5.82 Å². The number of nitrogens with zero attached hydrogens (tertiary/aromatic N) is 4. The number of thioether (sulfide) groups is 1. The largest absolute Gasteiger partial charge is 0.435 e. The average Bonchev–Trinajstić information content (AvgIpc) is 3.32. The molecule has 0 aliphatic carbocycles. The van der Waals surface area contributed by atoms with Crippen molar-refractivity contribution in [3.05, 3.63) is 54.1 Å². The second-order valence-corrected chi connectivity index (χ2v) is 8.02. The molecule has 0 spiro atoms. The summed E-state index contributed by atoms with van der Waals surface area (Å²) in [5, 5.41) is 8.12. The highest BCUT2D eigenvalue weighted by atomic mass is 32.2. The quantitative estimate of drug-likeness (QED) is 0.476. The molecule has 0 bridgehead atoms. The van der Waals surface area contributed by atoms with Gasteiger partial charge in [0.1, 0.15) is 5.75 Å². The van der Waals surface area contributed by atoms with Crippen LogP contribution in [0, 0.1) is 0 Å². The molecule has 1 amide bonds. The van der Waals surface area contributed by atoms with E-state index in [0.29, 0.717) is 23.1 Å². The van der Waals surface area contributed by atoms with Crippen molar-refractivity contribution in [1.82, 2.24) is 14.9 Å². The van der Waals surface area contributed by atoms with Gasteiger partial charge in [-0.15, -0.1) is 10.2 Å². The smallest absolute Gasteiger partial charge is 0.387 e. The third kappa shape index (κ3) is 3.95. The number of nitrogen functional groups attached to an aromatic ring is 1. The molecule has 156 valence electrons. The Hall–Kier alpha value is -3.14. The van der Waals surface area contributed by atoms with Gasteiger partial charge >= 0.3 is 6.61 Å². The molecule has 1 aliphatic rings. The number of para-hydroxylation sites is 1. The summed E-state index contributed by atoms with van der Waals surface area (Å²) in [5.41, 5.74) is 2.69. The van der Waals surface area contributed by atoms with Crippen molar-refractivity contribution in [2.75, 3.05) is 17.3 Å². The van der Waals surface area contributed by atoms with Crippen LogP contribution < -0.4 is 15.5 Å². The number of ether oxygens (including phenoxy) is 1. The van der Waals surface area contributed by atoms with Gasteiger partial charge < -0.3 is 15.5 Å². The van der Waals surface area contributed by atoms with Crippen molar-refractivity contribution >= 4 is 23.4 Å². The van der Waals surface area contributed by atoms with Gasteiger partial charge in [0, 0.05) is 17.8 Å². The third-order valence-electron chi connectivity index (χ3n) is 4.79. The van der Waals surface area contributed by atoms with E-state index in [9.17, 15) is 13.6 Å². The summed E-state index contributed by atoms with van der Waals surface area (Å²) in [4.78, 5) is 14.7. The maximum atomic E-state index is 13.0. The van der Waals surface area contributed by atoms with E-state index in [0.717, 1.165) is 17.7 Å². The fourth-order valence-electron chi connectivity index (χ4n) is 3.33. The fourth-order valence-corrected chi connectivity index (χ4v) is 4.17. The van der Waals surface area contributed by atoms with Gasteiger partial charge in [0.2, 0.25) is 11.1 Å². The lowest BCUT2D eigenvalue weighted by Crippen LogP contribution is -2.35. The zero-order valence-corrected chi connectivity index (χ0v) is 16.9. The van der Waals surface area contributed by atoms with E-state index in [1.165, 1.54) is 28.6 Å². The van der Waals surface area contributed by atoms with Crippen LogP contribution >= 0.6 is 11.8 Å². The van der Waals surface area contributed by atoms with E-state index in [1.807, 2.05) is 24.3 Å². The summed E-state index contributed by atoms with van der Waals surface area (Å²) < 4.78 is 30.2. The van der Waals surface area contributed by atoms with Crippen molar-refractivity contribution in [2.45, 2.75) is 30.4 Å². The topological polar surface area (TPSA) is 86.3 Å². The van der Waals surface area contributed by atoms with Crippen LogP contribution in [-0.4, -0.2) is 39.2 Å². The number of benzene rings is 2. The lowest BCUT2D eigenvalue weighted by molar-refractivity contribution is -0.117. The first-order valence-electron chi connectivity index (χ1n) is 9.25. The van der Waals surface area contributed by atoms with Crippen LogP contribution in [0.15, 0.2) is 53.7 Å². The zero-order valence-electron chi connectivity index (χ0n) is 16.0. The molecule has 1 atom stereocenters. The molecule has 10 heteroatoms. The molecule has 2 heterocycles. The molecule has 1 aliphatic heterocycles. The third-order valence-corrected chi connectivity index (χ3v) is 5.83. The molecule has 2 aromatic carbocycles. The highest BCUT2D eigenvalue weighted by Crippen LogP contribution is 2.32. The molecule has 0 saturated heterocycles. The Labute approximate surface area is 175 Å². The van der Waals surface area contributed by atoms with E-state index >= 15 is 0 Å². The Bertz CT molecular complexity index is 1060. The molecule has 0 saturated carbocycles. The van der Waals surface area contributed by atoms with Crippen LogP contribution in [0.5, 0.6) is 5.75 Å². The Morgan fingerprint density at radius 2 is 1.90 bits per heavy atom. The summed E-state index contributed by atoms with van der Waals surface area (Å²) in [5.74, 6) is 6.49. The fraction of sp³-hybridized carbons (Fsp3) is 0.250. The van der Waals surface area contributed by atoms with Crippen LogP contribution in [0.4, 0.5) is 14.5 Å². The van der Waals surface area contributed by atoms with Crippen LogP contribution in [0.3, 0.4) is 0 Å². The van der Waals surface area contributed by atoms with Crippen molar-refractivity contribution in [1.29, 1.82) is 0 Å². The minimum Gasteiger partial charge on any atom is -0.435 e. The Morgan fingerprint density at radius 1 is 1.17 bits per heavy atom. The molecule has 30 heavy (non-hydrogen) atoms. The number of halogens is 2. The number of carbonyl (C=O) groups is 1. The van der Waals surface area contributed by atoms with Gasteiger partial charge in [-0.05, 0) is 49.2 Å². The van der Waals surface area contributed by atoms with Crippen molar-refractivity contribution in [2.24, 2.45) is 0 Å². The number of rotatable bonds is 6. The standard InChI is InChI=1S/C20H19F2N5O2S/c1-12(18(28)26-11-10-13-4-2-3-5-16(13)26)30-20-25-24-17(27(20)23)14-6-8-15(9-7-14)29-19(21)22/h2-9,12,19H,10-11,23H2,1H3/t12-/m0/s1. The normalized spacial score (nSPS) is 14.1. The monoisotopic (exact) mass is 431 g/mol. The lowest BCUT2D eigenvalue weighted by atomic mass is 10.2. The SMILES string of the molecule is C[C@H](Sc1nnc(-c2ccc(OC(F)F)cc2)n1N)C(=O)N1CCc2ccccc21. The second-order valence-electron chi connectivity index (χ2n) is 6.71. The minimum atomic E-state index is -2.89. The highest BCUT2D eigenvalue weighted by Gasteiger charge is 2.29. The molecule has 0 fully saturated rings. The summed E-state index contributed by atoms with van der Waals surface area (Å²) in [6.45, 7) is -0.436. The number of fused-ring (bicyclic) bond motifs is 1. The van der Waals surface area contributed by atoms with E-state index in [-0.39, 0.29) is 11.7 Å². The van der Waals surface area contributed by atoms with E-state index in [2.05, 4.69) is 14.9 Å². The second kappa shape index (κ2) is 8.31. The number of carbonyl (C=O) groups excluding carboxylic acids is 1. The number of aromatic nitrogens is 3. The number of alkyl halides is 2. The molecule has 2 N–H and O–H groups in total. The van der Waals surface area contributed by atoms with Crippen LogP contribution in [0.2, 0.25) is 0 Å². The molecule has 7 nitrogen and oxygen atoms in total. The Kier molecular flexibility index (Phi) is 5.58. The van der Waals surface area contributed by atoms with E-state index in [1.54, 1.807) is 24.0 Å². The Balaban J connectivity index is 1.47. The summed E-state index contributed by atoms with van der Waals surface area (Å²) in [7, 11) is 0. The van der Waals surface area contributed by atoms with Gasteiger partial charge in [0.05, 0.1) is 5.25 Å². The van der Waals surface area contributed by atoms with Gasteiger partial charge in [-0.3, -0.25) is 4.79 Å². The van der Waals surface area contributed by atoms with Gasteiger partial charge in [-0.25, -0.2) is 4.68 Å². The minimum absolute atomic E-state index is 0.0250. The molecule has 3 aromatic rings. The van der Waals surface area contributed by atoms with Gasteiger partial charge in [0.25, 0.3) is 0 Å². The predicted octanol–water partition coefficient (Wildman–Crippen LogP) is 3.33. The van der Waals surface area contributed by atoms with Crippen LogP contribution in [-0.2, 0) is 11.2 Å². The highest BCUT2D eigenvalue weighted by molar-refractivity contribution is 8.00. The first-order valence-corrected chi connectivity index (χ1v) is 10.1. The van der Waals surface area contributed by atoms with Crippen LogP contribution in [0.1, 0.15) is 12.5 Å². The lowest BCUT2D eigenvalue weighted by Gasteiger charge is -2.21. The summed E-state index contributed by atoms with van der Waals surface area (Å²) in [6, 6.07) is 13.8. The number of nitrogens with two attached hydrogens (primary N) is 1. The van der Waals surface area contributed by atoms with E-state index in [4.69, 9.17) is 5.84 Å². The molecule has 4 rings (SSSR count). The number of amides is 1. The molecule has 0 unspecified atom stereocenters. The molecular formula is C20H19F2N5O2S. The number of anilines is 1. The summed E-state index contributed by atoms with van der Waals surface area (Å²) >= 11 is 1.22. The van der Waals surface area contributed by atoms with Gasteiger partial charge in [-0.2, -0.15) is 8.78 Å². The maximum Gasteiger partial charge on any atom is 0.387 e. The zero-order chi connectivity index (χ0) is 21.3.